The summed E-state index contributed by atoms with van der Waals surface area (Å²) in [6, 6.07) is 12.1. The van der Waals surface area contributed by atoms with Crippen LogP contribution in [0.3, 0.4) is 0 Å². The summed E-state index contributed by atoms with van der Waals surface area (Å²) < 4.78 is 5.66. The zero-order valence-electron chi connectivity index (χ0n) is 11.0. The molecule has 1 aliphatic rings. The summed E-state index contributed by atoms with van der Waals surface area (Å²) in [4.78, 5) is 3.96. The normalized spacial score (nSPS) is 16.6. The van der Waals surface area contributed by atoms with Crippen LogP contribution in [-0.4, -0.2) is 18.1 Å². The fourth-order valence-corrected chi connectivity index (χ4v) is 2.50. The lowest BCUT2D eigenvalue weighted by Gasteiger charge is -2.26. The van der Waals surface area contributed by atoms with Crippen LogP contribution in [0.1, 0.15) is 23.5 Å². The first-order chi connectivity index (χ1) is 9.88. The Bertz CT molecular complexity index is 648. The number of anilines is 1. The fourth-order valence-electron chi connectivity index (χ4n) is 2.50. The van der Waals surface area contributed by atoms with Crippen LogP contribution < -0.4 is 10.1 Å². The number of aromatic nitrogens is 1. The summed E-state index contributed by atoms with van der Waals surface area (Å²) in [6.07, 6.45) is 4.26. The van der Waals surface area contributed by atoms with E-state index in [1.54, 1.807) is 12.4 Å². The maximum Gasteiger partial charge on any atom is 0.122 e. The highest BCUT2D eigenvalue weighted by molar-refractivity contribution is 5.56. The Morgan fingerprint density at radius 1 is 1.35 bits per heavy atom. The highest BCUT2D eigenvalue weighted by Crippen LogP contribution is 2.33. The van der Waals surface area contributed by atoms with Gasteiger partial charge in [-0.2, -0.15) is 5.26 Å². The van der Waals surface area contributed by atoms with Crippen molar-refractivity contribution in [1.82, 2.24) is 4.98 Å². The van der Waals surface area contributed by atoms with Crippen LogP contribution in [-0.2, 0) is 0 Å². The Labute approximate surface area is 118 Å². The number of nitriles is 1. The maximum atomic E-state index is 9.06. The van der Waals surface area contributed by atoms with Crippen LogP contribution in [0, 0.1) is 11.3 Å². The van der Waals surface area contributed by atoms with Gasteiger partial charge in [0.2, 0.25) is 0 Å². The maximum absolute atomic E-state index is 9.06. The first kappa shape index (κ1) is 12.5. The third-order valence-corrected chi connectivity index (χ3v) is 3.56. The van der Waals surface area contributed by atoms with Gasteiger partial charge in [0.15, 0.2) is 0 Å². The molecule has 1 aliphatic heterocycles. The number of hydrogen-bond acceptors (Lipinski definition) is 4. The van der Waals surface area contributed by atoms with E-state index in [0.29, 0.717) is 11.5 Å². The summed E-state index contributed by atoms with van der Waals surface area (Å²) in [5.74, 6) is 1.38. The number of nitrogens with one attached hydrogen (secondary N) is 1. The van der Waals surface area contributed by atoms with Crippen LogP contribution in [0.4, 0.5) is 5.69 Å². The number of ether oxygens (including phenoxy) is 1. The molecule has 0 radical (unpaired) electrons. The fraction of sp³-hybridized carbons (Fsp3) is 0.250. The molecule has 1 unspecified atom stereocenters. The van der Waals surface area contributed by atoms with Crippen LogP contribution in [0.25, 0.3) is 0 Å². The first-order valence-corrected chi connectivity index (χ1v) is 6.68. The topological polar surface area (TPSA) is 57.9 Å². The van der Waals surface area contributed by atoms with Gasteiger partial charge in [-0.15, -0.1) is 0 Å². The van der Waals surface area contributed by atoms with Crippen LogP contribution in [0.15, 0.2) is 42.7 Å². The first-order valence-electron chi connectivity index (χ1n) is 6.68. The van der Waals surface area contributed by atoms with Gasteiger partial charge in [0, 0.05) is 24.9 Å². The second kappa shape index (κ2) is 5.62. The van der Waals surface area contributed by atoms with E-state index in [0.717, 1.165) is 31.0 Å². The second-order valence-electron chi connectivity index (χ2n) is 4.79. The Morgan fingerprint density at radius 3 is 3.15 bits per heavy atom. The van der Waals surface area contributed by atoms with Crippen molar-refractivity contribution in [2.45, 2.75) is 12.3 Å². The molecule has 0 amide bonds. The van der Waals surface area contributed by atoms with Gasteiger partial charge in [-0.25, -0.2) is 0 Å². The van der Waals surface area contributed by atoms with Gasteiger partial charge in [-0.1, -0.05) is 18.2 Å². The van der Waals surface area contributed by atoms with Crippen molar-refractivity contribution in [2.75, 3.05) is 18.5 Å². The van der Waals surface area contributed by atoms with E-state index in [1.165, 1.54) is 5.56 Å². The molecule has 3 rings (SSSR count). The Hall–Kier alpha value is -2.54. The summed E-state index contributed by atoms with van der Waals surface area (Å²) in [6.45, 7) is 1.53. The lowest BCUT2D eigenvalue weighted by Crippen LogP contribution is -2.21. The summed E-state index contributed by atoms with van der Waals surface area (Å²) in [7, 11) is 0. The van der Waals surface area contributed by atoms with Crippen molar-refractivity contribution in [1.29, 1.82) is 5.26 Å². The van der Waals surface area contributed by atoms with E-state index >= 15 is 0 Å². The standard InChI is InChI=1S/C16H15N3O/c17-9-13-10-18-7-5-15(13)19-11-12-6-8-20-16-4-2-1-3-14(12)16/h1-5,7,10,12H,6,8,11H2,(H,18,19). The van der Waals surface area contributed by atoms with E-state index in [9.17, 15) is 0 Å². The molecule has 20 heavy (non-hydrogen) atoms. The minimum absolute atomic E-state index is 0.402. The molecule has 2 heterocycles. The molecular formula is C16H15N3O. The number of para-hydroxylation sites is 1. The van der Waals surface area contributed by atoms with Gasteiger partial charge in [0.25, 0.3) is 0 Å². The largest absolute Gasteiger partial charge is 0.493 e. The quantitative estimate of drug-likeness (QED) is 0.927. The van der Waals surface area contributed by atoms with Crippen molar-refractivity contribution in [3.63, 3.8) is 0 Å². The molecule has 1 aromatic heterocycles. The van der Waals surface area contributed by atoms with Gasteiger partial charge < -0.3 is 10.1 Å². The van der Waals surface area contributed by atoms with Gasteiger partial charge in [-0.05, 0) is 24.1 Å². The summed E-state index contributed by atoms with van der Waals surface area (Å²) in [5, 5.41) is 12.4. The van der Waals surface area contributed by atoms with Crippen molar-refractivity contribution in [2.24, 2.45) is 0 Å². The molecule has 100 valence electrons. The summed E-state index contributed by atoms with van der Waals surface area (Å²) in [5.41, 5.74) is 2.65. The molecule has 1 atom stereocenters. The molecule has 4 heteroatoms. The molecule has 2 aromatic rings. The SMILES string of the molecule is N#Cc1cnccc1NCC1CCOc2ccccc21. The average molecular weight is 265 g/mol. The van der Waals surface area contributed by atoms with E-state index < -0.39 is 0 Å². The zero-order valence-corrected chi connectivity index (χ0v) is 11.0. The van der Waals surface area contributed by atoms with Crippen molar-refractivity contribution in [3.05, 3.63) is 53.9 Å². The molecule has 1 N–H and O–H groups in total. The third-order valence-electron chi connectivity index (χ3n) is 3.56. The molecular weight excluding hydrogens is 250 g/mol. The highest BCUT2D eigenvalue weighted by Gasteiger charge is 2.20. The Kier molecular flexibility index (Phi) is 3.51. The molecule has 0 bridgehead atoms. The minimum atomic E-state index is 0.402. The predicted molar refractivity (Wildman–Crippen MR) is 76.7 cm³/mol. The van der Waals surface area contributed by atoms with E-state index in [1.807, 2.05) is 24.3 Å². The number of hydrogen-bond donors (Lipinski definition) is 1. The smallest absolute Gasteiger partial charge is 0.122 e. The van der Waals surface area contributed by atoms with E-state index in [2.05, 4.69) is 22.4 Å². The van der Waals surface area contributed by atoms with Crippen LogP contribution >= 0.6 is 0 Å². The number of benzene rings is 1. The number of nitrogens with zero attached hydrogens (tertiary/aromatic N) is 2. The Morgan fingerprint density at radius 2 is 2.25 bits per heavy atom. The van der Waals surface area contributed by atoms with Gasteiger partial charge in [0.1, 0.15) is 11.8 Å². The molecule has 4 nitrogen and oxygen atoms in total. The number of pyridine rings is 1. The molecule has 0 saturated carbocycles. The van der Waals surface area contributed by atoms with Crippen molar-refractivity contribution < 1.29 is 4.74 Å². The molecule has 0 fully saturated rings. The van der Waals surface area contributed by atoms with Gasteiger partial charge in [0.05, 0.1) is 17.9 Å². The highest BCUT2D eigenvalue weighted by atomic mass is 16.5. The van der Waals surface area contributed by atoms with E-state index in [4.69, 9.17) is 10.00 Å². The molecule has 0 saturated heterocycles. The lowest BCUT2D eigenvalue weighted by atomic mass is 9.93. The lowest BCUT2D eigenvalue weighted by molar-refractivity contribution is 0.270. The monoisotopic (exact) mass is 265 g/mol. The number of fused-ring (bicyclic) bond motifs is 1. The van der Waals surface area contributed by atoms with Gasteiger partial charge in [-0.3, -0.25) is 4.98 Å². The minimum Gasteiger partial charge on any atom is -0.493 e. The third kappa shape index (κ3) is 2.43. The van der Waals surface area contributed by atoms with Gasteiger partial charge >= 0.3 is 0 Å². The van der Waals surface area contributed by atoms with Crippen LogP contribution in [0.2, 0.25) is 0 Å². The molecule has 0 aliphatic carbocycles. The average Bonchev–Trinajstić information content (AvgIpc) is 2.53. The molecule has 0 spiro atoms. The summed E-state index contributed by atoms with van der Waals surface area (Å²) >= 11 is 0. The van der Waals surface area contributed by atoms with E-state index in [-0.39, 0.29) is 0 Å². The number of rotatable bonds is 3. The Balaban J connectivity index is 1.75. The second-order valence-corrected chi connectivity index (χ2v) is 4.79. The van der Waals surface area contributed by atoms with Crippen molar-refractivity contribution >= 4 is 5.69 Å². The van der Waals surface area contributed by atoms with Crippen LogP contribution in [0.5, 0.6) is 5.75 Å². The zero-order chi connectivity index (χ0) is 13.8. The predicted octanol–water partition coefficient (Wildman–Crippen LogP) is 2.93. The van der Waals surface area contributed by atoms with Crippen molar-refractivity contribution in [3.8, 4) is 11.8 Å². The molecule has 1 aromatic carbocycles.